The lowest BCUT2D eigenvalue weighted by Gasteiger charge is -2.34. The molecule has 3 aliphatic heterocycles. The molecule has 6 rings (SSSR count). The minimum absolute atomic E-state index is 0.0517. The Morgan fingerprint density at radius 3 is 2.84 bits per heavy atom. The molecule has 3 atom stereocenters. The van der Waals surface area contributed by atoms with E-state index in [2.05, 4.69) is 27.5 Å². The van der Waals surface area contributed by atoms with Gasteiger partial charge in [-0.15, -0.1) is 0 Å². The van der Waals surface area contributed by atoms with E-state index in [1.54, 1.807) is 6.20 Å². The summed E-state index contributed by atoms with van der Waals surface area (Å²) < 4.78 is 35.5. The van der Waals surface area contributed by atoms with Gasteiger partial charge in [0.25, 0.3) is 0 Å². The van der Waals surface area contributed by atoms with Gasteiger partial charge in [0.1, 0.15) is 10.8 Å². The molecule has 1 saturated heterocycles. The lowest BCUT2D eigenvalue weighted by atomic mass is 9.98. The van der Waals surface area contributed by atoms with E-state index in [4.69, 9.17) is 16.3 Å². The van der Waals surface area contributed by atoms with Crippen LogP contribution >= 0.6 is 11.6 Å². The van der Waals surface area contributed by atoms with Crippen molar-refractivity contribution >= 4 is 40.4 Å². The van der Waals surface area contributed by atoms with E-state index in [-0.39, 0.29) is 5.92 Å². The second-order valence-corrected chi connectivity index (χ2v) is 11.2. The molecule has 0 radical (unpaired) electrons. The minimum Gasteiger partial charge on any atom is -0.487 e. The quantitative estimate of drug-likeness (QED) is 0.539. The smallest absolute Gasteiger partial charge is 0.301 e. The second kappa shape index (κ2) is 9.16. The van der Waals surface area contributed by atoms with Crippen molar-refractivity contribution in [1.29, 1.82) is 0 Å². The monoisotopic (exact) mass is 532 g/mol. The van der Waals surface area contributed by atoms with E-state index in [0.29, 0.717) is 52.9 Å². The van der Waals surface area contributed by atoms with E-state index in [0.717, 1.165) is 37.1 Å². The summed E-state index contributed by atoms with van der Waals surface area (Å²) >= 11 is 6.44. The van der Waals surface area contributed by atoms with Gasteiger partial charge in [-0.1, -0.05) is 18.5 Å². The summed E-state index contributed by atoms with van der Waals surface area (Å²) in [5.41, 5.74) is 3.04. The van der Waals surface area contributed by atoms with Crippen LogP contribution in [0.15, 0.2) is 30.2 Å². The number of likely N-dealkylation sites (N-methyl/N-ethyl adjacent to an activating group) is 1. The Kier molecular flexibility index (Phi) is 6.06. The fourth-order valence-electron chi connectivity index (χ4n) is 5.60. The molecule has 4 heterocycles. The maximum absolute atomic E-state index is 14.9. The molecular formula is C26H31ClF2N6O2. The number of rotatable bonds is 4. The van der Waals surface area contributed by atoms with Crippen molar-refractivity contribution in [2.24, 2.45) is 11.8 Å². The summed E-state index contributed by atoms with van der Waals surface area (Å²) in [5, 5.41) is 17.0. The number of aromatic nitrogens is 2. The Labute approximate surface area is 219 Å². The number of piperidine rings is 1. The molecule has 3 N–H and O–H groups in total. The van der Waals surface area contributed by atoms with E-state index in [9.17, 15) is 13.9 Å². The first-order valence-electron chi connectivity index (χ1n) is 12.8. The maximum atomic E-state index is 14.9. The average molecular weight is 533 g/mol. The normalized spacial score (nSPS) is 27.0. The van der Waals surface area contributed by atoms with Crippen LogP contribution in [-0.4, -0.2) is 66.4 Å². The molecule has 1 aromatic heterocycles. The molecule has 1 aliphatic carbocycles. The highest BCUT2D eigenvalue weighted by Gasteiger charge is 2.51. The summed E-state index contributed by atoms with van der Waals surface area (Å²) in [6.07, 6.45) is 3.47. The third kappa shape index (κ3) is 4.77. The van der Waals surface area contributed by atoms with Gasteiger partial charge in [0.15, 0.2) is 12.4 Å². The number of nitrogens with zero attached hydrogens (tertiary/aromatic N) is 4. The third-order valence-electron chi connectivity index (χ3n) is 7.54. The van der Waals surface area contributed by atoms with Crippen LogP contribution < -0.4 is 20.4 Å². The number of nitrogens with one attached hydrogen (secondary N) is 2. The number of alkyl halides is 2. The van der Waals surface area contributed by atoms with Gasteiger partial charge in [0.2, 0.25) is 5.95 Å². The highest BCUT2D eigenvalue weighted by atomic mass is 35.5. The number of hydrogen-bond acceptors (Lipinski definition) is 8. The summed E-state index contributed by atoms with van der Waals surface area (Å²) in [7, 11) is 1.92. The molecular weight excluding hydrogens is 502 g/mol. The number of fused-ring (bicyclic) bond motifs is 2. The van der Waals surface area contributed by atoms with Crippen LogP contribution in [0.5, 0.6) is 0 Å². The van der Waals surface area contributed by atoms with Crippen molar-refractivity contribution in [3.05, 3.63) is 40.7 Å². The van der Waals surface area contributed by atoms with Gasteiger partial charge in [-0.05, 0) is 49.3 Å². The van der Waals surface area contributed by atoms with Gasteiger partial charge >= 0.3 is 5.92 Å². The molecule has 0 bridgehead atoms. The van der Waals surface area contributed by atoms with Crippen LogP contribution in [0, 0.1) is 11.8 Å². The van der Waals surface area contributed by atoms with Gasteiger partial charge in [-0.25, -0.2) is 13.8 Å². The van der Waals surface area contributed by atoms with Crippen molar-refractivity contribution in [3.8, 4) is 0 Å². The van der Waals surface area contributed by atoms with Crippen molar-refractivity contribution in [2.75, 3.05) is 48.4 Å². The van der Waals surface area contributed by atoms with Crippen LogP contribution in [-0.2, 0) is 4.74 Å². The van der Waals surface area contributed by atoms with Gasteiger partial charge in [0, 0.05) is 37.1 Å². The molecule has 4 aliphatic rings. The Balaban J connectivity index is 1.31. The van der Waals surface area contributed by atoms with Gasteiger partial charge < -0.3 is 30.3 Å². The molecule has 0 amide bonds. The summed E-state index contributed by atoms with van der Waals surface area (Å²) in [5.74, 6) is -1.23. The van der Waals surface area contributed by atoms with Crippen LogP contribution in [0.25, 0.3) is 5.70 Å². The van der Waals surface area contributed by atoms with E-state index in [1.165, 1.54) is 0 Å². The molecule has 11 heteroatoms. The molecule has 2 fully saturated rings. The first-order chi connectivity index (χ1) is 17.7. The number of aliphatic hydroxyl groups excluding tert-OH is 1. The molecule has 8 nitrogen and oxygen atoms in total. The fraction of sp³-hybridized carbons (Fsp3) is 0.538. The summed E-state index contributed by atoms with van der Waals surface area (Å²) in [6.45, 7) is 3.10. The molecule has 1 aromatic carbocycles. The Bertz CT molecular complexity index is 1230. The summed E-state index contributed by atoms with van der Waals surface area (Å²) in [6, 6.07) is 4.83. The average Bonchev–Trinajstić information content (AvgIpc) is 3.68. The standard InChI is InChI=1S/C26H31ClF2N6O2/c1-14-7-17(36)11-35(10-14)25-30-9-19(27)24(33-25)31-16-5-6-20-18(8-16)22-21(12-34(20)2)37-13-26(28,29)23(32-22)15-3-4-15/h5-6,8-9,14-15,17,23,32,36H,3-4,7,10-13H2,1-2H3,(H,30,31,33)/t14-,17+,23+/m1/s1. The van der Waals surface area contributed by atoms with Crippen LogP contribution in [0.2, 0.25) is 5.02 Å². The minimum atomic E-state index is -2.95. The van der Waals surface area contributed by atoms with Gasteiger partial charge in [0.05, 0.1) is 30.6 Å². The van der Waals surface area contributed by atoms with Gasteiger partial charge in [-0.3, -0.25) is 0 Å². The number of ether oxygens (including phenoxy) is 1. The number of halogens is 3. The fourth-order valence-corrected chi connectivity index (χ4v) is 5.73. The molecule has 37 heavy (non-hydrogen) atoms. The van der Waals surface area contributed by atoms with E-state index in [1.807, 2.05) is 35.0 Å². The molecule has 0 unspecified atom stereocenters. The third-order valence-corrected chi connectivity index (χ3v) is 7.82. The lowest BCUT2D eigenvalue weighted by molar-refractivity contribution is -0.0833. The van der Waals surface area contributed by atoms with E-state index >= 15 is 0 Å². The number of anilines is 4. The molecule has 1 saturated carbocycles. The predicted octanol–water partition coefficient (Wildman–Crippen LogP) is 4.23. The number of aliphatic hydroxyl groups is 1. The first-order valence-corrected chi connectivity index (χ1v) is 13.1. The Hall–Kier alpha value is -2.85. The maximum Gasteiger partial charge on any atom is 0.301 e. The zero-order valence-corrected chi connectivity index (χ0v) is 21.6. The van der Waals surface area contributed by atoms with Crippen molar-refractivity contribution in [3.63, 3.8) is 0 Å². The largest absolute Gasteiger partial charge is 0.487 e. The van der Waals surface area contributed by atoms with Crippen LogP contribution in [0.4, 0.5) is 31.9 Å². The van der Waals surface area contributed by atoms with Crippen molar-refractivity contribution in [2.45, 2.75) is 44.3 Å². The zero-order chi connectivity index (χ0) is 25.9. The lowest BCUT2D eigenvalue weighted by Crippen LogP contribution is -2.47. The Morgan fingerprint density at radius 1 is 1.27 bits per heavy atom. The SMILES string of the molecule is C[C@@H]1C[C@H](O)CN(c2ncc(Cl)c(Nc3ccc4c(c3)C3=C(CN4C)OCC(F)(F)[C@H](C4CC4)N3)n2)C1. The highest BCUT2D eigenvalue weighted by molar-refractivity contribution is 6.32. The van der Waals surface area contributed by atoms with E-state index < -0.39 is 24.7 Å². The Morgan fingerprint density at radius 2 is 2.08 bits per heavy atom. The highest BCUT2D eigenvalue weighted by Crippen LogP contribution is 2.45. The van der Waals surface area contributed by atoms with Gasteiger partial charge in [-0.2, -0.15) is 4.98 Å². The molecule has 198 valence electrons. The number of hydrogen-bond donors (Lipinski definition) is 3. The van der Waals surface area contributed by atoms with Crippen LogP contribution in [0.1, 0.15) is 31.7 Å². The first kappa shape index (κ1) is 24.5. The predicted molar refractivity (Wildman–Crippen MR) is 140 cm³/mol. The topological polar surface area (TPSA) is 85.8 Å². The van der Waals surface area contributed by atoms with Crippen molar-refractivity contribution in [1.82, 2.24) is 15.3 Å². The van der Waals surface area contributed by atoms with Crippen molar-refractivity contribution < 1.29 is 18.6 Å². The zero-order valence-electron chi connectivity index (χ0n) is 20.8. The van der Waals surface area contributed by atoms with Crippen LogP contribution in [0.3, 0.4) is 0 Å². The molecule has 2 aromatic rings. The second-order valence-electron chi connectivity index (χ2n) is 10.8. The molecule has 0 spiro atoms. The number of β-amino-alcohol motifs (C(OH)–C–C–N with tert-alkyl or cyclic N) is 1. The number of benzene rings is 1. The summed E-state index contributed by atoms with van der Waals surface area (Å²) in [4.78, 5) is 13.0.